The molecule has 164 valence electrons. The van der Waals surface area contributed by atoms with E-state index in [1.165, 1.54) is 23.7 Å². The number of nitrogens with zero attached hydrogens (tertiary/aromatic N) is 3. The van der Waals surface area contributed by atoms with E-state index in [1.807, 2.05) is 16.7 Å². The summed E-state index contributed by atoms with van der Waals surface area (Å²) in [5, 5.41) is 21.2. The molecule has 1 atom stereocenters. The predicted molar refractivity (Wildman–Crippen MR) is 120 cm³/mol. The average Bonchev–Trinajstić information content (AvgIpc) is 3.12. The zero-order valence-corrected chi connectivity index (χ0v) is 18.1. The number of aromatic nitrogens is 3. The van der Waals surface area contributed by atoms with Gasteiger partial charge in [-0.25, -0.2) is 4.79 Å². The van der Waals surface area contributed by atoms with E-state index in [-0.39, 0.29) is 11.5 Å². The fourth-order valence-electron chi connectivity index (χ4n) is 4.48. The van der Waals surface area contributed by atoms with Gasteiger partial charge in [-0.05, 0) is 29.8 Å². The summed E-state index contributed by atoms with van der Waals surface area (Å²) < 4.78 is 10.5. The molecule has 0 spiro atoms. The number of fused-ring (bicyclic) bond motifs is 3. The minimum absolute atomic E-state index is 0.0783. The summed E-state index contributed by atoms with van der Waals surface area (Å²) in [7, 11) is 3.06. The average molecular weight is 454 g/mol. The summed E-state index contributed by atoms with van der Waals surface area (Å²) in [6, 6.07) is 11.4. The second kappa shape index (κ2) is 7.29. The molecule has 2 aromatic carbocycles. The third-order valence-electron chi connectivity index (χ3n) is 5.97. The molecular weight excluding hydrogens is 434 g/mol. The maximum absolute atomic E-state index is 13.3. The molecule has 8 nitrogen and oxygen atoms in total. The molecule has 32 heavy (non-hydrogen) atoms. The third-order valence-corrected chi connectivity index (χ3v) is 6.22. The van der Waals surface area contributed by atoms with Gasteiger partial charge in [0, 0.05) is 37.3 Å². The Labute approximate surface area is 187 Å². The molecular formula is C23H20ClN3O5. The summed E-state index contributed by atoms with van der Waals surface area (Å²) >= 11 is 6.08. The molecule has 0 saturated carbocycles. The number of halogens is 1. The lowest BCUT2D eigenvalue weighted by Gasteiger charge is -2.28. The lowest BCUT2D eigenvalue weighted by Crippen LogP contribution is -2.37. The zero-order chi connectivity index (χ0) is 22.7. The van der Waals surface area contributed by atoms with Crippen molar-refractivity contribution >= 4 is 22.5 Å². The van der Waals surface area contributed by atoms with E-state index in [2.05, 4.69) is 0 Å². The highest BCUT2D eigenvalue weighted by molar-refractivity contribution is 6.30. The maximum Gasteiger partial charge on any atom is 0.331 e. The van der Waals surface area contributed by atoms with Gasteiger partial charge in [0.05, 0.1) is 28.9 Å². The van der Waals surface area contributed by atoms with Crippen molar-refractivity contribution in [3.8, 4) is 22.8 Å². The first-order valence-corrected chi connectivity index (χ1v) is 10.4. The molecule has 1 aliphatic heterocycles. The van der Waals surface area contributed by atoms with Gasteiger partial charge in [0.2, 0.25) is 0 Å². The maximum atomic E-state index is 13.3. The molecule has 0 aliphatic carbocycles. The Hall–Kier alpha value is -3.49. The summed E-state index contributed by atoms with van der Waals surface area (Å²) in [5.74, 6) is -0.218. The van der Waals surface area contributed by atoms with Gasteiger partial charge in [0.25, 0.3) is 5.56 Å². The largest absolute Gasteiger partial charge is 0.508 e. The van der Waals surface area contributed by atoms with E-state index in [0.29, 0.717) is 46.0 Å². The molecule has 0 amide bonds. The minimum atomic E-state index is -0.745. The van der Waals surface area contributed by atoms with E-state index < -0.39 is 17.4 Å². The first-order valence-electron chi connectivity index (χ1n) is 10.0. The predicted octanol–water partition coefficient (Wildman–Crippen LogP) is 2.89. The molecule has 9 heteroatoms. The lowest BCUT2D eigenvalue weighted by molar-refractivity contribution is 0.0464. The number of phenolic OH excluding ortho intramolecular Hbond substituents is 2. The first-order chi connectivity index (χ1) is 15.3. The van der Waals surface area contributed by atoms with Gasteiger partial charge >= 0.3 is 5.69 Å². The lowest BCUT2D eigenvalue weighted by atomic mass is 10.0. The third kappa shape index (κ3) is 2.87. The van der Waals surface area contributed by atoms with Crippen molar-refractivity contribution < 1.29 is 14.9 Å². The van der Waals surface area contributed by atoms with E-state index in [4.69, 9.17) is 16.3 Å². The minimum Gasteiger partial charge on any atom is -0.508 e. The highest BCUT2D eigenvalue weighted by Crippen LogP contribution is 2.43. The van der Waals surface area contributed by atoms with Crippen molar-refractivity contribution in [2.75, 3.05) is 6.61 Å². The number of phenols is 2. The van der Waals surface area contributed by atoms with Crippen LogP contribution in [0.2, 0.25) is 5.02 Å². The molecule has 3 heterocycles. The second-order valence-corrected chi connectivity index (χ2v) is 8.25. The molecule has 5 rings (SSSR count). The number of aromatic hydroxyl groups is 2. The molecule has 2 aromatic heterocycles. The van der Waals surface area contributed by atoms with E-state index in [1.54, 1.807) is 25.2 Å². The number of benzene rings is 2. The number of hydrogen-bond donors (Lipinski definition) is 2. The quantitative estimate of drug-likeness (QED) is 0.486. The Kier molecular flexibility index (Phi) is 4.65. The van der Waals surface area contributed by atoms with Gasteiger partial charge in [0.1, 0.15) is 17.6 Å². The zero-order valence-electron chi connectivity index (χ0n) is 17.4. The molecule has 1 aliphatic rings. The van der Waals surface area contributed by atoms with Crippen LogP contribution in [0.25, 0.3) is 22.2 Å². The van der Waals surface area contributed by atoms with Crippen molar-refractivity contribution in [3.05, 3.63) is 79.6 Å². The van der Waals surface area contributed by atoms with Gasteiger partial charge in [0.15, 0.2) is 0 Å². The Morgan fingerprint density at radius 1 is 1.03 bits per heavy atom. The molecule has 0 bridgehead atoms. The van der Waals surface area contributed by atoms with E-state index in [9.17, 15) is 19.8 Å². The monoisotopic (exact) mass is 453 g/mol. The molecule has 0 radical (unpaired) electrons. The van der Waals surface area contributed by atoms with Crippen LogP contribution in [-0.2, 0) is 25.4 Å². The number of rotatable bonds is 2. The smallest absolute Gasteiger partial charge is 0.331 e. The summed E-state index contributed by atoms with van der Waals surface area (Å²) in [5.41, 5.74) is 2.03. The van der Waals surface area contributed by atoms with Crippen LogP contribution in [0.15, 0.2) is 52.1 Å². The first kappa shape index (κ1) is 20.4. The summed E-state index contributed by atoms with van der Waals surface area (Å²) in [4.78, 5) is 26.1. The molecule has 0 saturated heterocycles. The van der Waals surface area contributed by atoms with Crippen molar-refractivity contribution in [3.63, 3.8) is 0 Å². The van der Waals surface area contributed by atoms with Crippen molar-refractivity contribution in [2.45, 2.75) is 12.6 Å². The normalized spacial score (nSPS) is 15.8. The fraction of sp³-hybridized carbons (Fsp3) is 0.217. The van der Waals surface area contributed by atoms with E-state index in [0.717, 1.165) is 10.1 Å². The van der Waals surface area contributed by atoms with Gasteiger partial charge in [-0.2, -0.15) is 0 Å². The Balaban J connectivity index is 1.94. The van der Waals surface area contributed by atoms with Crippen LogP contribution < -0.4 is 11.2 Å². The Morgan fingerprint density at radius 2 is 1.75 bits per heavy atom. The van der Waals surface area contributed by atoms with Crippen LogP contribution in [0.1, 0.15) is 17.4 Å². The molecule has 2 N–H and O–H groups in total. The van der Waals surface area contributed by atoms with Crippen LogP contribution in [0, 0.1) is 0 Å². The fourth-order valence-corrected chi connectivity index (χ4v) is 4.60. The van der Waals surface area contributed by atoms with Crippen LogP contribution >= 0.6 is 11.6 Å². The van der Waals surface area contributed by atoms with Crippen LogP contribution in [0.3, 0.4) is 0 Å². The van der Waals surface area contributed by atoms with Gasteiger partial charge in [-0.15, -0.1) is 0 Å². The van der Waals surface area contributed by atoms with Gasteiger partial charge in [-0.1, -0.05) is 23.7 Å². The van der Waals surface area contributed by atoms with Crippen LogP contribution in [0.4, 0.5) is 0 Å². The topological polar surface area (TPSA) is 98.6 Å². The van der Waals surface area contributed by atoms with Gasteiger partial charge in [-0.3, -0.25) is 13.9 Å². The Bertz CT molecular complexity index is 1500. The molecule has 0 fully saturated rings. The van der Waals surface area contributed by atoms with Gasteiger partial charge < -0.3 is 19.5 Å². The second-order valence-electron chi connectivity index (χ2n) is 7.82. The molecule has 0 unspecified atom stereocenters. The summed E-state index contributed by atoms with van der Waals surface area (Å²) in [6.07, 6.45) is -0.745. The Morgan fingerprint density at radius 3 is 2.44 bits per heavy atom. The highest BCUT2D eigenvalue weighted by Gasteiger charge is 2.34. The van der Waals surface area contributed by atoms with E-state index >= 15 is 0 Å². The highest BCUT2D eigenvalue weighted by atomic mass is 35.5. The van der Waals surface area contributed by atoms with Crippen molar-refractivity contribution in [1.29, 1.82) is 0 Å². The molecule has 4 aromatic rings. The van der Waals surface area contributed by atoms with Crippen molar-refractivity contribution in [1.82, 2.24) is 13.7 Å². The van der Waals surface area contributed by atoms with Crippen LogP contribution in [0.5, 0.6) is 11.5 Å². The standard InChI is InChI=1S/C23H20ClN3O5/c1-25-19-17(22(30)26(2)23(25)31)18(12-3-5-13(24)6-4-12)27-9-10-32-21(20(19)27)15-8-7-14(28)11-16(15)29/h3-8,11,21,28-29H,9-10H2,1-2H3/t21-/m0/s1. The number of ether oxygens (including phenoxy) is 1. The van der Waals surface area contributed by atoms with Crippen LogP contribution in [-0.4, -0.2) is 30.5 Å². The summed E-state index contributed by atoms with van der Waals surface area (Å²) in [6.45, 7) is 0.780. The number of hydrogen-bond acceptors (Lipinski definition) is 5. The number of aryl methyl sites for hydroxylation is 1. The van der Waals surface area contributed by atoms with Crippen molar-refractivity contribution in [2.24, 2.45) is 14.1 Å². The SMILES string of the molecule is Cn1c(=O)c2c(-c3ccc(Cl)cc3)n3c(c2n(C)c1=O)[C@H](c1ccc(O)cc1O)OCC3.